The third-order valence-electron chi connectivity index (χ3n) is 2.79. The molecule has 0 aromatic carbocycles. The average Bonchev–Trinajstić information content (AvgIpc) is 2.52. The van der Waals surface area contributed by atoms with Crippen molar-refractivity contribution in [1.29, 1.82) is 0 Å². The molecule has 0 rings (SSSR count). The summed E-state index contributed by atoms with van der Waals surface area (Å²) in [5.74, 6) is -4.61. The van der Waals surface area contributed by atoms with Crippen LogP contribution < -0.4 is 0 Å². The molecule has 0 fully saturated rings. The molecule has 0 aromatic heterocycles. The van der Waals surface area contributed by atoms with E-state index in [1.807, 2.05) is 0 Å². The fraction of sp³-hybridized carbons (Fsp3) is 0.667. The summed E-state index contributed by atoms with van der Waals surface area (Å²) in [4.78, 5) is 56.9. The lowest BCUT2D eigenvalue weighted by Gasteiger charge is -2.32. The quantitative estimate of drug-likeness (QED) is 0.383. The number of rotatable bonds is 9. The normalized spacial score (nSPS) is 14.8. The number of aliphatic hydroxyl groups is 1. The standard InChI is InChI=1S/C15H22O11/c1-7(16)23-6-11(20)12(24-8(2)17)13(25-9(3)18)14(15(21)22-5)26-10(4)19/h11-14,20H,6H2,1-5H3/t11-,12-,13+,14-/m1/s1. The Hall–Kier alpha value is -2.69. The van der Waals surface area contributed by atoms with Crippen molar-refractivity contribution in [3.63, 3.8) is 0 Å². The van der Waals surface area contributed by atoms with Gasteiger partial charge in [-0.15, -0.1) is 0 Å². The summed E-state index contributed by atoms with van der Waals surface area (Å²) < 4.78 is 23.8. The Morgan fingerprint density at radius 3 is 1.62 bits per heavy atom. The second-order valence-electron chi connectivity index (χ2n) is 5.07. The highest BCUT2D eigenvalue weighted by Gasteiger charge is 2.45. The summed E-state index contributed by atoms with van der Waals surface area (Å²) in [5, 5.41) is 10.2. The number of esters is 5. The topological polar surface area (TPSA) is 152 Å². The van der Waals surface area contributed by atoms with Crippen LogP contribution in [0.1, 0.15) is 27.7 Å². The largest absolute Gasteiger partial charge is 0.466 e. The molecule has 11 heteroatoms. The van der Waals surface area contributed by atoms with Gasteiger partial charge in [0, 0.05) is 27.7 Å². The van der Waals surface area contributed by atoms with Crippen molar-refractivity contribution in [3.05, 3.63) is 0 Å². The van der Waals surface area contributed by atoms with E-state index in [0.29, 0.717) is 0 Å². The van der Waals surface area contributed by atoms with E-state index in [0.717, 1.165) is 34.8 Å². The molecule has 11 nitrogen and oxygen atoms in total. The van der Waals surface area contributed by atoms with Crippen LogP contribution in [0.15, 0.2) is 0 Å². The zero-order valence-electron chi connectivity index (χ0n) is 15.0. The lowest BCUT2D eigenvalue weighted by Crippen LogP contribution is -2.54. The SMILES string of the molecule is COC(=O)[C@H](OC(C)=O)[C@@H](OC(C)=O)[C@H](OC(C)=O)[C@H](O)COC(C)=O. The molecule has 148 valence electrons. The maximum atomic E-state index is 12.0. The van der Waals surface area contributed by atoms with Crippen LogP contribution in [0.5, 0.6) is 0 Å². The molecule has 0 amide bonds. The van der Waals surface area contributed by atoms with Gasteiger partial charge in [-0.1, -0.05) is 0 Å². The van der Waals surface area contributed by atoms with Crippen LogP contribution in [0.2, 0.25) is 0 Å². The Bertz CT molecular complexity index is 542. The first-order valence-corrected chi connectivity index (χ1v) is 7.40. The van der Waals surface area contributed by atoms with Crippen LogP contribution in [0.4, 0.5) is 0 Å². The molecule has 0 saturated heterocycles. The number of hydrogen-bond acceptors (Lipinski definition) is 11. The van der Waals surface area contributed by atoms with E-state index in [2.05, 4.69) is 9.47 Å². The lowest BCUT2D eigenvalue weighted by molar-refractivity contribution is -0.202. The highest BCUT2D eigenvalue weighted by molar-refractivity contribution is 5.80. The highest BCUT2D eigenvalue weighted by atomic mass is 16.6. The molecule has 0 spiro atoms. The van der Waals surface area contributed by atoms with E-state index >= 15 is 0 Å². The predicted octanol–water partition coefficient (Wildman–Crippen LogP) is -1.12. The molecule has 0 saturated carbocycles. The molecule has 1 N–H and O–H groups in total. The van der Waals surface area contributed by atoms with Crippen LogP contribution in [0, 0.1) is 0 Å². The summed E-state index contributed by atoms with van der Waals surface area (Å²) in [6.07, 6.45) is -6.98. The summed E-state index contributed by atoms with van der Waals surface area (Å²) in [5.41, 5.74) is 0. The molecule has 26 heavy (non-hydrogen) atoms. The van der Waals surface area contributed by atoms with Gasteiger partial charge in [0.25, 0.3) is 0 Å². The Morgan fingerprint density at radius 2 is 1.23 bits per heavy atom. The van der Waals surface area contributed by atoms with Gasteiger partial charge in [0.2, 0.25) is 6.10 Å². The third kappa shape index (κ3) is 8.42. The summed E-state index contributed by atoms with van der Waals surface area (Å²) >= 11 is 0. The number of carbonyl (C=O) groups is 5. The van der Waals surface area contributed by atoms with Crippen LogP contribution in [-0.2, 0) is 47.7 Å². The third-order valence-corrected chi connectivity index (χ3v) is 2.79. The van der Waals surface area contributed by atoms with Gasteiger partial charge in [-0.25, -0.2) is 4.79 Å². The van der Waals surface area contributed by atoms with Gasteiger partial charge in [-0.2, -0.15) is 0 Å². The fourth-order valence-corrected chi connectivity index (χ4v) is 1.89. The summed E-state index contributed by atoms with van der Waals surface area (Å²) in [6, 6.07) is 0. The second kappa shape index (κ2) is 11.0. The first-order valence-electron chi connectivity index (χ1n) is 7.40. The molecular weight excluding hydrogens is 356 g/mol. The zero-order valence-corrected chi connectivity index (χ0v) is 15.0. The molecule has 0 radical (unpaired) electrons. The van der Waals surface area contributed by atoms with Gasteiger partial charge in [-0.3, -0.25) is 19.2 Å². The Labute approximate surface area is 149 Å². The van der Waals surface area contributed by atoms with E-state index < -0.39 is 60.9 Å². The monoisotopic (exact) mass is 378 g/mol. The zero-order chi connectivity index (χ0) is 20.4. The summed E-state index contributed by atoms with van der Waals surface area (Å²) in [6.45, 7) is 3.40. The van der Waals surface area contributed by atoms with Crippen molar-refractivity contribution >= 4 is 29.8 Å². The van der Waals surface area contributed by atoms with Gasteiger partial charge < -0.3 is 28.8 Å². The van der Waals surface area contributed by atoms with Crippen molar-refractivity contribution in [2.75, 3.05) is 13.7 Å². The average molecular weight is 378 g/mol. The van der Waals surface area contributed by atoms with Crippen LogP contribution in [0.25, 0.3) is 0 Å². The minimum absolute atomic E-state index is 0.640. The molecule has 0 bridgehead atoms. The molecule has 0 aliphatic rings. The lowest BCUT2D eigenvalue weighted by atomic mass is 10.0. The molecule has 0 unspecified atom stereocenters. The molecule has 4 atom stereocenters. The van der Waals surface area contributed by atoms with Gasteiger partial charge >= 0.3 is 29.8 Å². The van der Waals surface area contributed by atoms with E-state index in [1.165, 1.54) is 0 Å². The van der Waals surface area contributed by atoms with E-state index in [1.54, 1.807) is 0 Å². The highest BCUT2D eigenvalue weighted by Crippen LogP contribution is 2.19. The molecule has 0 aliphatic carbocycles. The van der Waals surface area contributed by atoms with E-state index in [9.17, 15) is 29.1 Å². The van der Waals surface area contributed by atoms with Crippen LogP contribution in [-0.4, -0.2) is 73.1 Å². The molecule has 0 aliphatic heterocycles. The van der Waals surface area contributed by atoms with Gasteiger partial charge in [0.05, 0.1) is 7.11 Å². The molecular formula is C15H22O11. The maximum Gasteiger partial charge on any atom is 0.351 e. The Morgan fingerprint density at radius 1 is 0.769 bits per heavy atom. The van der Waals surface area contributed by atoms with Crippen molar-refractivity contribution in [3.8, 4) is 0 Å². The van der Waals surface area contributed by atoms with Gasteiger partial charge in [0.15, 0.2) is 12.2 Å². The first kappa shape index (κ1) is 23.3. The van der Waals surface area contributed by atoms with Crippen LogP contribution >= 0.6 is 0 Å². The maximum absolute atomic E-state index is 12.0. The van der Waals surface area contributed by atoms with E-state index in [4.69, 9.17) is 14.2 Å². The summed E-state index contributed by atoms with van der Waals surface area (Å²) in [7, 11) is 0.986. The van der Waals surface area contributed by atoms with Crippen molar-refractivity contribution < 1.29 is 52.8 Å². The number of carbonyl (C=O) groups excluding carboxylic acids is 5. The second-order valence-corrected chi connectivity index (χ2v) is 5.07. The molecule has 0 aromatic rings. The van der Waals surface area contributed by atoms with Crippen molar-refractivity contribution in [2.45, 2.75) is 52.1 Å². The fourth-order valence-electron chi connectivity index (χ4n) is 1.89. The smallest absolute Gasteiger partial charge is 0.351 e. The number of aliphatic hydroxyl groups excluding tert-OH is 1. The van der Waals surface area contributed by atoms with Crippen molar-refractivity contribution in [1.82, 2.24) is 0 Å². The van der Waals surface area contributed by atoms with Crippen LogP contribution in [0.3, 0.4) is 0 Å². The number of ether oxygens (including phenoxy) is 5. The minimum atomic E-state index is -1.84. The first-order chi connectivity index (χ1) is 12.0. The molecule has 0 heterocycles. The van der Waals surface area contributed by atoms with Gasteiger partial charge in [-0.05, 0) is 0 Å². The predicted molar refractivity (Wildman–Crippen MR) is 81.3 cm³/mol. The Kier molecular flexibility index (Phi) is 9.89. The van der Waals surface area contributed by atoms with Gasteiger partial charge in [0.1, 0.15) is 12.7 Å². The Balaban J connectivity index is 5.86. The number of methoxy groups -OCH3 is 1. The van der Waals surface area contributed by atoms with Crippen molar-refractivity contribution in [2.24, 2.45) is 0 Å². The van der Waals surface area contributed by atoms with E-state index in [-0.39, 0.29) is 0 Å². The minimum Gasteiger partial charge on any atom is -0.466 e. The number of hydrogen-bond donors (Lipinski definition) is 1.